The third-order valence-electron chi connectivity index (χ3n) is 5.93. The van der Waals surface area contributed by atoms with Crippen molar-refractivity contribution in [1.29, 1.82) is 0 Å². The Morgan fingerprint density at radius 2 is 1.75 bits per heavy atom. The van der Waals surface area contributed by atoms with E-state index in [2.05, 4.69) is 0 Å². The fraction of sp³-hybridized carbons (Fsp3) is 0.464. The van der Waals surface area contributed by atoms with Crippen LogP contribution >= 0.6 is 0 Å². The zero-order chi connectivity index (χ0) is 26.6. The number of hydrogen-bond acceptors (Lipinski definition) is 7. The number of fused-ring (bicyclic) bond motifs is 1. The van der Waals surface area contributed by atoms with Gasteiger partial charge in [0.1, 0.15) is 11.4 Å². The molecule has 0 saturated carbocycles. The summed E-state index contributed by atoms with van der Waals surface area (Å²) in [6, 6.07) is 12.6. The molecule has 0 radical (unpaired) electrons. The van der Waals surface area contributed by atoms with E-state index in [4.69, 9.17) is 14.2 Å². The number of carbonyl (C=O) groups is 3. The summed E-state index contributed by atoms with van der Waals surface area (Å²) in [5, 5.41) is 0. The molecule has 0 spiro atoms. The average molecular weight is 497 g/mol. The molecule has 8 heteroatoms. The number of nitrogens with zero attached hydrogens (tertiary/aromatic N) is 2. The average Bonchev–Trinajstić information content (AvgIpc) is 2.90. The van der Waals surface area contributed by atoms with Crippen LogP contribution in [0.5, 0.6) is 5.75 Å². The van der Waals surface area contributed by atoms with E-state index in [1.54, 1.807) is 30.2 Å². The number of ether oxygens (including phenoxy) is 3. The van der Waals surface area contributed by atoms with Gasteiger partial charge in [0.15, 0.2) is 6.10 Å². The molecule has 1 amide bonds. The van der Waals surface area contributed by atoms with E-state index in [0.717, 1.165) is 11.1 Å². The maximum absolute atomic E-state index is 13.9. The minimum absolute atomic E-state index is 0.295. The molecule has 3 rings (SSSR count). The monoisotopic (exact) mass is 496 g/mol. The molecule has 0 fully saturated rings. The number of esters is 2. The van der Waals surface area contributed by atoms with E-state index in [1.165, 1.54) is 6.92 Å². The lowest BCUT2D eigenvalue weighted by Crippen LogP contribution is -2.45. The summed E-state index contributed by atoms with van der Waals surface area (Å²) >= 11 is 0. The summed E-state index contributed by atoms with van der Waals surface area (Å²) in [6.07, 6.45) is -0.629. The van der Waals surface area contributed by atoms with Crippen LogP contribution in [0.15, 0.2) is 42.5 Å². The molecule has 8 nitrogen and oxygen atoms in total. The molecule has 0 N–H and O–H groups in total. The minimum Gasteiger partial charge on any atom is -0.497 e. The van der Waals surface area contributed by atoms with Crippen molar-refractivity contribution < 1.29 is 28.6 Å². The van der Waals surface area contributed by atoms with E-state index >= 15 is 0 Å². The van der Waals surface area contributed by atoms with Crippen molar-refractivity contribution in [3.63, 3.8) is 0 Å². The second kappa shape index (κ2) is 11.1. The number of rotatable bonds is 7. The lowest BCUT2D eigenvalue weighted by Gasteiger charge is -2.29. The van der Waals surface area contributed by atoms with Gasteiger partial charge in [0.05, 0.1) is 12.7 Å². The lowest BCUT2D eigenvalue weighted by atomic mass is 9.87. The fourth-order valence-corrected chi connectivity index (χ4v) is 4.25. The van der Waals surface area contributed by atoms with Crippen molar-refractivity contribution >= 4 is 23.5 Å². The molecule has 2 aromatic carbocycles. The molecule has 194 valence electrons. The van der Waals surface area contributed by atoms with Crippen molar-refractivity contribution in [1.82, 2.24) is 4.90 Å². The van der Waals surface area contributed by atoms with Crippen LogP contribution in [-0.4, -0.2) is 68.7 Å². The highest BCUT2D eigenvalue weighted by molar-refractivity contribution is 6.00. The number of hydrogen-bond donors (Lipinski definition) is 0. The van der Waals surface area contributed by atoms with Gasteiger partial charge in [-0.25, -0.2) is 4.79 Å². The quantitative estimate of drug-likeness (QED) is 0.539. The summed E-state index contributed by atoms with van der Waals surface area (Å²) in [7, 11) is 5.44. The van der Waals surface area contributed by atoms with Crippen LogP contribution in [0.1, 0.15) is 55.1 Å². The van der Waals surface area contributed by atoms with Gasteiger partial charge in [-0.05, 0) is 82.7 Å². The Bertz CT molecular complexity index is 1100. The molecule has 0 bridgehead atoms. The first kappa shape index (κ1) is 27.2. The summed E-state index contributed by atoms with van der Waals surface area (Å²) in [4.78, 5) is 42.4. The largest absolute Gasteiger partial charge is 0.497 e. The van der Waals surface area contributed by atoms with E-state index in [9.17, 15) is 14.4 Å². The summed E-state index contributed by atoms with van der Waals surface area (Å²) < 4.78 is 16.5. The first-order valence-electron chi connectivity index (χ1n) is 12.0. The molecule has 0 unspecified atom stereocenters. The second-order valence-electron chi connectivity index (χ2n) is 10.3. The Morgan fingerprint density at radius 3 is 2.31 bits per heavy atom. The highest BCUT2D eigenvalue weighted by Gasteiger charge is 2.40. The van der Waals surface area contributed by atoms with Gasteiger partial charge in [-0.1, -0.05) is 12.1 Å². The van der Waals surface area contributed by atoms with Crippen LogP contribution in [0.4, 0.5) is 5.69 Å². The van der Waals surface area contributed by atoms with Gasteiger partial charge in [0, 0.05) is 31.6 Å². The van der Waals surface area contributed by atoms with Crippen LogP contribution in [0.3, 0.4) is 0 Å². The molecule has 1 aliphatic rings. The molecule has 2 atom stereocenters. The van der Waals surface area contributed by atoms with E-state index < -0.39 is 29.6 Å². The van der Waals surface area contributed by atoms with Crippen molar-refractivity contribution in [2.24, 2.45) is 0 Å². The van der Waals surface area contributed by atoms with Gasteiger partial charge in [-0.15, -0.1) is 0 Å². The Hall–Kier alpha value is -3.39. The summed E-state index contributed by atoms with van der Waals surface area (Å²) in [5.74, 6) is -1.03. The Morgan fingerprint density at radius 1 is 1.08 bits per heavy atom. The van der Waals surface area contributed by atoms with Gasteiger partial charge >= 0.3 is 11.9 Å². The number of likely N-dealkylation sites (N-methyl/N-ethyl adjacent to an activating group) is 1. The van der Waals surface area contributed by atoms with Crippen LogP contribution in [0, 0.1) is 0 Å². The van der Waals surface area contributed by atoms with E-state index in [-0.39, 0.29) is 5.91 Å². The predicted molar refractivity (Wildman–Crippen MR) is 138 cm³/mol. The molecule has 0 saturated heterocycles. The summed E-state index contributed by atoms with van der Waals surface area (Å²) in [5.41, 5.74) is 2.11. The smallest absolute Gasteiger partial charge is 0.338 e. The van der Waals surface area contributed by atoms with Gasteiger partial charge in [-0.3, -0.25) is 9.59 Å². The standard InChI is InChI=1S/C28H36N2O6/c1-18(31)35-25-23(19-8-11-22(34-7)12-9-19)17-21-16-20(27(33)36-28(2,3)4)10-13-24(21)30(26(25)32)15-14-29(5)6/h8-13,16,23,25H,14-15,17H2,1-7H3/t23-,25+/m1/s1. The van der Waals surface area contributed by atoms with Gasteiger partial charge in [0.25, 0.3) is 5.91 Å². The predicted octanol–water partition coefficient (Wildman–Crippen LogP) is 3.82. The molecule has 2 aromatic rings. The van der Waals surface area contributed by atoms with Gasteiger partial charge in [-0.2, -0.15) is 0 Å². The number of carbonyl (C=O) groups excluding carboxylic acids is 3. The highest BCUT2D eigenvalue weighted by atomic mass is 16.6. The topological polar surface area (TPSA) is 85.4 Å². The van der Waals surface area contributed by atoms with Gasteiger partial charge < -0.3 is 24.0 Å². The summed E-state index contributed by atoms with van der Waals surface area (Å²) in [6.45, 7) is 7.77. The first-order valence-corrected chi connectivity index (χ1v) is 12.0. The zero-order valence-electron chi connectivity index (χ0n) is 22.2. The lowest BCUT2D eigenvalue weighted by molar-refractivity contribution is -0.154. The molecule has 36 heavy (non-hydrogen) atoms. The Balaban J connectivity index is 2.13. The molecular weight excluding hydrogens is 460 g/mol. The van der Waals surface area contributed by atoms with Crippen molar-refractivity contribution in [2.45, 2.75) is 51.7 Å². The number of anilines is 1. The van der Waals surface area contributed by atoms with Crippen molar-refractivity contribution in [3.05, 3.63) is 59.2 Å². The third kappa shape index (κ3) is 6.63. The molecule has 1 heterocycles. The Kier molecular flexibility index (Phi) is 8.40. The maximum Gasteiger partial charge on any atom is 0.338 e. The molecule has 0 aliphatic carbocycles. The number of benzene rings is 2. The SMILES string of the molecule is COc1ccc([C@H]2Cc3cc(C(=O)OC(C)(C)C)ccc3N(CCN(C)C)C(=O)[C@H]2OC(C)=O)cc1. The van der Waals surface area contributed by atoms with Crippen molar-refractivity contribution in [3.8, 4) is 5.75 Å². The second-order valence-corrected chi connectivity index (χ2v) is 10.3. The van der Waals surface area contributed by atoms with E-state index in [0.29, 0.717) is 36.5 Å². The maximum atomic E-state index is 13.9. The minimum atomic E-state index is -1.02. The number of amides is 1. The van der Waals surface area contributed by atoms with Crippen LogP contribution in [-0.2, 0) is 25.5 Å². The normalized spacial score (nSPS) is 17.9. The van der Waals surface area contributed by atoms with Crippen molar-refractivity contribution in [2.75, 3.05) is 39.2 Å². The van der Waals surface area contributed by atoms with Crippen LogP contribution in [0.2, 0.25) is 0 Å². The number of methoxy groups -OCH3 is 1. The third-order valence-corrected chi connectivity index (χ3v) is 5.93. The van der Waals surface area contributed by atoms with Gasteiger partial charge in [0.2, 0.25) is 0 Å². The first-order chi connectivity index (χ1) is 16.9. The molecular formula is C28H36N2O6. The highest BCUT2D eigenvalue weighted by Crippen LogP contribution is 2.37. The molecule has 1 aliphatic heterocycles. The van der Waals surface area contributed by atoms with Crippen LogP contribution in [0.25, 0.3) is 0 Å². The molecule has 0 aromatic heterocycles. The zero-order valence-corrected chi connectivity index (χ0v) is 22.2. The van der Waals surface area contributed by atoms with Crippen LogP contribution < -0.4 is 9.64 Å². The van der Waals surface area contributed by atoms with E-state index in [1.807, 2.05) is 64.0 Å². The Labute approximate surface area is 213 Å². The fourth-order valence-electron chi connectivity index (χ4n) is 4.25.